The molecule has 0 spiro atoms. The molecule has 0 bridgehead atoms. The van der Waals surface area contributed by atoms with Crippen LogP contribution in [0.15, 0.2) is 36.4 Å². The van der Waals surface area contributed by atoms with Crippen LogP contribution in [-0.4, -0.2) is 40.7 Å². The van der Waals surface area contributed by atoms with E-state index in [4.69, 9.17) is 0 Å². The Hall–Kier alpha value is -3.75. The fourth-order valence-corrected chi connectivity index (χ4v) is 4.73. The van der Waals surface area contributed by atoms with Crippen molar-refractivity contribution in [2.75, 3.05) is 10.2 Å². The first-order valence-corrected chi connectivity index (χ1v) is 10.5. The molecule has 0 aliphatic carbocycles. The number of halogens is 1. The zero-order chi connectivity index (χ0) is 22.6. The lowest BCUT2D eigenvalue weighted by atomic mass is 10.0. The van der Waals surface area contributed by atoms with Gasteiger partial charge in [-0.1, -0.05) is 6.07 Å². The molecule has 3 aliphatic heterocycles. The van der Waals surface area contributed by atoms with E-state index in [0.29, 0.717) is 28.9 Å². The Bertz CT molecular complexity index is 1180. The molecular weight excluding hydrogens is 415 g/mol. The second-order valence-electron chi connectivity index (χ2n) is 8.40. The van der Waals surface area contributed by atoms with Crippen molar-refractivity contribution in [3.05, 3.63) is 58.9 Å². The molecule has 1 fully saturated rings. The van der Waals surface area contributed by atoms with Crippen LogP contribution in [0.4, 0.5) is 20.6 Å². The molecular formula is C23H21FN4O4. The molecule has 0 saturated carbocycles. The van der Waals surface area contributed by atoms with Gasteiger partial charge in [-0.15, -0.1) is 0 Å². The van der Waals surface area contributed by atoms with Gasteiger partial charge in [0.1, 0.15) is 11.9 Å². The maximum atomic E-state index is 13.7. The summed E-state index contributed by atoms with van der Waals surface area (Å²) in [5, 5.41) is 5.12. The lowest BCUT2D eigenvalue weighted by Gasteiger charge is -2.29. The van der Waals surface area contributed by atoms with E-state index in [2.05, 4.69) is 10.6 Å². The van der Waals surface area contributed by atoms with E-state index in [1.54, 1.807) is 24.3 Å². The number of hydrogen-bond donors (Lipinski definition) is 2. The van der Waals surface area contributed by atoms with E-state index in [1.165, 1.54) is 21.9 Å². The Morgan fingerprint density at radius 1 is 1.12 bits per heavy atom. The average Bonchev–Trinajstić information content (AvgIpc) is 3.23. The van der Waals surface area contributed by atoms with Crippen LogP contribution in [0.25, 0.3) is 0 Å². The van der Waals surface area contributed by atoms with Crippen LogP contribution in [0, 0.1) is 5.82 Å². The van der Waals surface area contributed by atoms with E-state index < -0.39 is 17.8 Å². The van der Waals surface area contributed by atoms with Crippen molar-refractivity contribution >= 4 is 35.1 Å². The molecule has 1 saturated heterocycles. The summed E-state index contributed by atoms with van der Waals surface area (Å²) < 4.78 is 13.7. The number of piperidine rings is 1. The molecule has 3 heterocycles. The minimum absolute atomic E-state index is 0.120. The number of hydrogen-bond acceptors (Lipinski definition) is 4. The standard InChI is InChI=1S/C23H21FN4O4/c1-12-8-13-2-3-15(24)10-19(13)28(12)23(32)25-16-4-5-17-14(9-16)11-27(22(17)31)18-6-7-20(29)26-21(18)30/h2-5,9-10,12,18H,6-8,11H2,1H3,(H,25,32)(H,26,29,30). The molecule has 2 N–H and O–H groups in total. The predicted octanol–water partition coefficient (Wildman–Crippen LogP) is 2.57. The Kier molecular flexibility index (Phi) is 4.69. The van der Waals surface area contributed by atoms with Crippen LogP contribution in [-0.2, 0) is 22.6 Å². The second-order valence-corrected chi connectivity index (χ2v) is 8.40. The molecule has 2 aromatic carbocycles. The van der Waals surface area contributed by atoms with Gasteiger partial charge in [-0.3, -0.25) is 24.6 Å². The van der Waals surface area contributed by atoms with Gasteiger partial charge < -0.3 is 10.2 Å². The number of benzene rings is 2. The molecule has 2 aromatic rings. The maximum absolute atomic E-state index is 13.7. The maximum Gasteiger partial charge on any atom is 0.326 e. The van der Waals surface area contributed by atoms with Gasteiger partial charge in [0.2, 0.25) is 11.8 Å². The summed E-state index contributed by atoms with van der Waals surface area (Å²) in [5.41, 5.74) is 3.13. The highest BCUT2D eigenvalue weighted by atomic mass is 19.1. The summed E-state index contributed by atoms with van der Waals surface area (Å²) in [6.07, 6.45) is 1.12. The number of amides is 5. The average molecular weight is 436 g/mol. The molecule has 32 heavy (non-hydrogen) atoms. The first kappa shape index (κ1) is 20.2. The number of urea groups is 1. The number of nitrogens with one attached hydrogen (secondary N) is 2. The molecule has 2 unspecified atom stereocenters. The second kappa shape index (κ2) is 7.44. The van der Waals surface area contributed by atoms with Crippen LogP contribution < -0.4 is 15.5 Å². The third-order valence-electron chi connectivity index (χ3n) is 6.26. The molecule has 0 aromatic heterocycles. The van der Waals surface area contributed by atoms with E-state index >= 15 is 0 Å². The van der Waals surface area contributed by atoms with E-state index in [1.807, 2.05) is 6.92 Å². The SMILES string of the molecule is CC1Cc2ccc(F)cc2N1C(=O)Nc1ccc2c(c1)CN(C1CCC(=O)NC1=O)C2=O. The Morgan fingerprint density at radius 2 is 1.94 bits per heavy atom. The smallest absolute Gasteiger partial charge is 0.322 e. The third-order valence-corrected chi connectivity index (χ3v) is 6.26. The molecule has 2 atom stereocenters. The van der Waals surface area contributed by atoms with Crippen molar-refractivity contribution in [3.63, 3.8) is 0 Å². The number of nitrogens with zero attached hydrogens (tertiary/aromatic N) is 2. The molecule has 9 heteroatoms. The van der Waals surface area contributed by atoms with Crippen LogP contribution in [0.1, 0.15) is 41.3 Å². The van der Waals surface area contributed by atoms with E-state index in [9.17, 15) is 23.6 Å². The van der Waals surface area contributed by atoms with Crippen molar-refractivity contribution in [1.29, 1.82) is 0 Å². The van der Waals surface area contributed by atoms with Crippen molar-refractivity contribution in [2.24, 2.45) is 0 Å². The highest BCUT2D eigenvalue weighted by molar-refractivity contribution is 6.07. The van der Waals surface area contributed by atoms with Gasteiger partial charge >= 0.3 is 6.03 Å². The summed E-state index contributed by atoms with van der Waals surface area (Å²) in [5.74, 6) is -1.48. The van der Waals surface area contributed by atoms with E-state index in [0.717, 1.165) is 5.56 Å². The molecule has 0 radical (unpaired) electrons. The monoisotopic (exact) mass is 436 g/mol. The lowest BCUT2D eigenvalue weighted by molar-refractivity contribution is -0.136. The fraction of sp³-hybridized carbons (Fsp3) is 0.304. The molecule has 164 valence electrons. The van der Waals surface area contributed by atoms with Crippen molar-refractivity contribution < 1.29 is 23.6 Å². The van der Waals surface area contributed by atoms with E-state index in [-0.39, 0.29) is 43.3 Å². The molecule has 8 nitrogen and oxygen atoms in total. The highest BCUT2D eigenvalue weighted by Gasteiger charge is 2.39. The summed E-state index contributed by atoms with van der Waals surface area (Å²) in [7, 11) is 0. The number of fused-ring (bicyclic) bond motifs is 2. The van der Waals surface area contributed by atoms with Crippen LogP contribution in [0.2, 0.25) is 0 Å². The minimum atomic E-state index is -0.692. The van der Waals surface area contributed by atoms with Crippen LogP contribution >= 0.6 is 0 Å². The summed E-state index contributed by atoms with van der Waals surface area (Å²) in [4.78, 5) is 52.4. The number of imide groups is 1. The van der Waals surface area contributed by atoms with Crippen LogP contribution in [0.3, 0.4) is 0 Å². The largest absolute Gasteiger partial charge is 0.326 e. The van der Waals surface area contributed by atoms with Gasteiger partial charge in [0.15, 0.2) is 0 Å². The Balaban J connectivity index is 1.34. The summed E-state index contributed by atoms with van der Waals surface area (Å²) in [6.45, 7) is 2.12. The number of carbonyl (C=O) groups is 4. The highest BCUT2D eigenvalue weighted by Crippen LogP contribution is 2.34. The fourth-order valence-electron chi connectivity index (χ4n) is 4.73. The minimum Gasteiger partial charge on any atom is -0.322 e. The number of rotatable bonds is 2. The predicted molar refractivity (Wildman–Crippen MR) is 114 cm³/mol. The lowest BCUT2D eigenvalue weighted by Crippen LogP contribution is -2.52. The van der Waals surface area contributed by atoms with Gasteiger partial charge in [0, 0.05) is 30.3 Å². The molecule has 5 amide bonds. The van der Waals surface area contributed by atoms with Gasteiger partial charge in [-0.05, 0) is 61.2 Å². The van der Waals surface area contributed by atoms with Gasteiger partial charge in [-0.25, -0.2) is 9.18 Å². The van der Waals surface area contributed by atoms with Gasteiger partial charge in [-0.2, -0.15) is 0 Å². The third kappa shape index (κ3) is 3.30. The summed E-state index contributed by atoms with van der Waals surface area (Å²) >= 11 is 0. The first-order valence-electron chi connectivity index (χ1n) is 10.5. The summed E-state index contributed by atoms with van der Waals surface area (Å²) in [6, 6.07) is 8.22. The number of anilines is 2. The quantitative estimate of drug-likeness (QED) is 0.707. The van der Waals surface area contributed by atoms with Crippen molar-refractivity contribution in [1.82, 2.24) is 10.2 Å². The Labute approximate surface area is 183 Å². The normalized spacial score (nSPS) is 22.0. The molecule has 5 rings (SSSR count). The topological polar surface area (TPSA) is 98.8 Å². The van der Waals surface area contributed by atoms with Crippen LogP contribution in [0.5, 0.6) is 0 Å². The van der Waals surface area contributed by atoms with Gasteiger partial charge in [0.05, 0.1) is 5.69 Å². The van der Waals surface area contributed by atoms with Gasteiger partial charge in [0.25, 0.3) is 5.91 Å². The Morgan fingerprint density at radius 3 is 2.72 bits per heavy atom. The number of carbonyl (C=O) groups excluding carboxylic acids is 4. The zero-order valence-corrected chi connectivity index (χ0v) is 17.4. The first-order chi connectivity index (χ1) is 15.3. The van der Waals surface area contributed by atoms with Crippen molar-refractivity contribution in [3.8, 4) is 0 Å². The van der Waals surface area contributed by atoms with Crippen molar-refractivity contribution in [2.45, 2.75) is 44.8 Å². The zero-order valence-electron chi connectivity index (χ0n) is 17.4. The molecule has 3 aliphatic rings.